The molecule has 4 aliphatic rings. The molecule has 8 aromatic rings. The van der Waals surface area contributed by atoms with Gasteiger partial charge in [-0.1, -0.05) is 170 Å². The maximum atomic E-state index is 5.51. The van der Waals surface area contributed by atoms with E-state index in [2.05, 4.69) is 200 Å². The van der Waals surface area contributed by atoms with Gasteiger partial charge in [0, 0.05) is 34.6 Å². The van der Waals surface area contributed by atoms with Crippen LogP contribution < -0.4 is 0 Å². The number of hydrogen-bond acceptors (Lipinski definition) is 1. The molecule has 0 radical (unpaired) electrons. The Morgan fingerprint density at radius 1 is 0.525 bits per heavy atom. The van der Waals surface area contributed by atoms with Crippen LogP contribution in [0.2, 0.25) is 0 Å². The highest BCUT2D eigenvalue weighted by Crippen LogP contribution is 2.65. The Morgan fingerprint density at radius 3 is 2.14 bits per heavy atom. The summed E-state index contributed by atoms with van der Waals surface area (Å²) in [6.07, 6.45) is 14.9. The molecule has 0 N–H and O–H groups in total. The first-order valence-corrected chi connectivity index (χ1v) is 20.9. The van der Waals surface area contributed by atoms with Gasteiger partial charge in [-0.15, -0.1) is 0 Å². The van der Waals surface area contributed by atoms with Gasteiger partial charge in [-0.3, -0.25) is 0 Å². The Bertz CT molecular complexity index is 3270. The Labute approximate surface area is 345 Å². The van der Waals surface area contributed by atoms with Crippen molar-refractivity contribution in [1.82, 2.24) is 4.98 Å². The number of rotatable bonds is 4. The number of pyridine rings is 1. The van der Waals surface area contributed by atoms with Crippen molar-refractivity contribution < 1.29 is 0 Å². The van der Waals surface area contributed by atoms with Crippen LogP contribution in [0.3, 0.4) is 0 Å². The second-order valence-electron chi connectivity index (χ2n) is 16.2. The predicted molar refractivity (Wildman–Crippen MR) is 247 cm³/mol. The lowest BCUT2D eigenvalue weighted by Crippen LogP contribution is -2.27. The van der Waals surface area contributed by atoms with Gasteiger partial charge >= 0.3 is 0 Å². The van der Waals surface area contributed by atoms with E-state index in [0.717, 1.165) is 48.0 Å². The van der Waals surface area contributed by atoms with Gasteiger partial charge in [-0.05, 0) is 121 Å². The number of nitrogens with zero attached hydrogens (tertiary/aromatic N) is 1. The Hall–Kier alpha value is -7.27. The molecule has 7 aromatic carbocycles. The van der Waals surface area contributed by atoms with E-state index in [9.17, 15) is 0 Å². The standard InChI is InChI=1S/C58H39N/c1-2-5-18-38(19-6-3-1)42-35-43(39-20-7-4-8-21-39)37-44(36-42)40-22-17-23-41(34-40)57-49-32-33-53-56(55(49)48-27-12-16-31-54(48)59-57)47-26-11-15-30-52(47)58(53)50-28-13-9-24-45(50)46-25-10-14-29-51(46)58/h2,4-5,7-13,15-18,20-28,30-37H,1,14,19,29H2/b5-2-,38-18+. The molecule has 0 fully saturated rings. The lowest BCUT2D eigenvalue weighted by Gasteiger charge is -2.33. The monoisotopic (exact) mass is 749 g/mol. The van der Waals surface area contributed by atoms with E-state index in [4.69, 9.17) is 4.98 Å². The first-order chi connectivity index (χ1) is 29.3. The smallest absolute Gasteiger partial charge is 0.0788 e. The largest absolute Gasteiger partial charge is 0.247 e. The van der Waals surface area contributed by atoms with E-state index in [1.165, 1.54) is 88.5 Å². The maximum Gasteiger partial charge on any atom is 0.0788 e. The van der Waals surface area contributed by atoms with Crippen molar-refractivity contribution >= 4 is 32.8 Å². The number of allylic oxidation sites excluding steroid dienone is 8. The molecule has 12 rings (SSSR count). The quantitative estimate of drug-likeness (QED) is 0.129. The van der Waals surface area contributed by atoms with Crippen molar-refractivity contribution in [3.05, 3.63) is 221 Å². The van der Waals surface area contributed by atoms with Gasteiger partial charge < -0.3 is 0 Å². The Kier molecular flexibility index (Phi) is 7.69. The average Bonchev–Trinajstić information content (AvgIpc) is 3.76. The van der Waals surface area contributed by atoms with Gasteiger partial charge in [0.1, 0.15) is 0 Å². The predicted octanol–water partition coefficient (Wildman–Crippen LogP) is 14.6. The first-order valence-electron chi connectivity index (χ1n) is 20.9. The van der Waals surface area contributed by atoms with E-state index in [-0.39, 0.29) is 5.41 Å². The van der Waals surface area contributed by atoms with E-state index in [1.54, 1.807) is 0 Å². The second kappa shape index (κ2) is 13.4. The zero-order valence-corrected chi connectivity index (χ0v) is 32.7. The lowest BCUT2D eigenvalue weighted by molar-refractivity contribution is 0.714. The van der Waals surface area contributed by atoms with Gasteiger partial charge in [0.2, 0.25) is 0 Å². The summed E-state index contributed by atoms with van der Waals surface area (Å²) < 4.78 is 0. The van der Waals surface area contributed by atoms with Crippen molar-refractivity contribution in [2.75, 3.05) is 0 Å². The number of aromatic nitrogens is 1. The van der Waals surface area contributed by atoms with Crippen LogP contribution in [0.15, 0.2) is 194 Å². The minimum atomic E-state index is -0.323. The van der Waals surface area contributed by atoms with Gasteiger partial charge in [-0.25, -0.2) is 4.98 Å². The first kappa shape index (κ1) is 33.8. The summed E-state index contributed by atoms with van der Waals surface area (Å²) in [5, 5.41) is 3.66. The van der Waals surface area contributed by atoms with Gasteiger partial charge in [0.05, 0.1) is 16.6 Å². The summed E-state index contributed by atoms with van der Waals surface area (Å²) in [6.45, 7) is 0. The van der Waals surface area contributed by atoms with Crippen LogP contribution in [0.25, 0.3) is 77.5 Å². The van der Waals surface area contributed by atoms with Crippen LogP contribution in [0.5, 0.6) is 0 Å². The highest BCUT2D eigenvalue weighted by molar-refractivity contribution is 6.20. The lowest BCUT2D eigenvalue weighted by atomic mass is 9.68. The van der Waals surface area contributed by atoms with Gasteiger partial charge in [0.15, 0.2) is 0 Å². The second-order valence-corrected chi connectivity index (χ2v) is 16.2. The van der Waals surface area contributed by atoms with Crippen molar-refractivity contribution in [2.24, 2.45) is 0 Å². The molecule has 4 aliphatic carbocycles. The minimum Gasteiger partial charge on any atom is -0.247 e. The molecule has 0 aliphatic heterocycles. The summed E-state index contributed by atoms with van der Waals surface area (Å²) in [5.41, 5.74) is 21.2. The minimum absolute atomic E-state index is 0.323. The van der Waals surface area contributed by atoms with E-state index < -0.39 is 0 Å². The molecule has 276 valence electrons. The number of fused-ring (bicyclic) bond motifs is 13. The molecule has 1 atom stereocenters. The molecule has 1 unspecified atom stereocenters. The third-order valence-electron chi connectivity index (χ3n) is 13.1. The molecule has 1 spiro atoms. The van der Waals surface area contributed by atoms with Crippen molar-refractivity contribution in [1.29, 1.82) is 0 Å². The SMILES string of the molecule is C1#CC/C(c2cc(-c3ccccc3)cc(-c3cccc(-c4nc5ccccc5c5c6c(ccc45)C4(C5=C(C=CCC5)c5ccccc54)c4ccccc4-6)c3)c2)=C\C=C/C1. The Balaban J connectivity index is 1.09. The summed E-state index contributed by atoms with van der Waals surface area (Å²) in [6, 6.07) is 58.7. The fraction of sp³-hybridized carbons (Fsp3) is 0.0862. The third-order valence-corrected chi connectivity index (χ3v) is 13.1. The van der Waals surface area contributed by atoms with Crippen molar-refractivity contribution in [3.63, 3.8) is 0 Å². The highest BCUT2D eigenvalue weighted by atomic mass is 14.7. The van der Waals surface area contributed by atoms with Crippen LogP contribution in [0.1, 0.15) is 53.5 Å². The van der Waals surface area contributed by atoms with E-state index in [1.807, 2.05) is 0 Å². The molecule has 1 aromatic heterocycles. The summed E-state index contributed by atoms with van der Waals surface area (Å²) in [7, 11) is 0. The molecular formula is C58H39N. The number of benzene rings is 7. The van der Waals surface area contributed by atoms with Crippen LogP contribution in [-0.2, 0) is 5.41 Å². The van der Waals surface area contributed by atoms with E-state index >= 15 is 0 Å². The molecule has 0 amide bonds. The van der Waals surface area contributed by atoms with Gasteiger partial charge in [-0.2, -0.15) is 0 Å². The van der Waals surface area contributed by atoms with Crippen LogP contribution in [0.4, 0.5) is 0 Å². The molecule has 59 heavy (non-hydrogen) atoms. The zero-order chi connectivity index (χ0) is 38.9. The van der Waals surface area contributed by atoms with Crippen molar-refractivity contribution in [3.8, 4) is 56.5 Å². The summed E-state index contributed by atoms with van der Waals surface area (Å²) >= 11 is 0. The molecule has 0 saturated carbocycles. The van der Waals surface area contributed by atoms with E-state index in [0.29, 0.717) is 0 Å². The maximum absolute atomic E-state index is 5.51. The molecule has 1 nitrogen and oxygen atoms in total. The van der Waals surface area contributed by atoms with Crippen LogP contribution in [-0.4, -0.2) is 4.98 Å². The fourth-order valence-corrected chi connectivity index (χ4v) is 10.6. The summed E-state index contributed by atoms with van der Waals surface area (Å²) in [5.74, 6) is 6.69. The molecule has 0 bridgehead atoms. The van der Waals surface area contributed by atoms with Crippen molar-refractivity contribution in [2.45, 2.75) is 31.1 Å². The Morgan fingerprint density at radius 2 is 1.24 bits per heavy atom. The zero-order valence-electron chi connectivity index (χ0n) is 32.7. The van der Waals surface area contributed by atoms with Gasteiger partial charge in [0.25, 0.3) is 0 Å². The molecule has 1 heterocycles. The molecular weight excluding hydrogens is 711 g/mol. The topological polar surface area (TPSA) is 12.9 Å². The number of hydrogen-bond donors (Lipinski definition) is 0. The van der Waals surface area contributed by atoms with Crippen LogP contribution >= 0.6 is 0 Å². The van der Waals surface area contributed by atoms with Crippen LogP contribution in [0, 0.1) is 11.8 Å². The normalized spacial score (nSPS) is 18.6. The molecule has 0 saturated heterocycles. The highest BCUT2D eigenvalue weighted by Gasteiger charge is 2.53. The average molecular weight is 750 g/mol. The number of para-hydroxylation sites is 1. The third kappa shape index (κ3) is 5.10. The molecule has 1 heteroatoms. The fourth-order valence-electron chi connectivity index (χ4n) is 10.6. The summed E-state index contributed by atoms with van der Waals surface area (Å²) in [4.78, 5) is 5.51.